The number of halogens is 1. The molecular formula is C18H25FN4O4S. The van der Waals surface area contributed by atoms with Crippen LogP contribution >= 0.6 is 0 Å². The molecule has 2 saturated heterocycles. The lowest BCUT2D eigenvalue weighted by atomic mass is 10.1. The highest BCUT2D eigenvalue weighted by Gasteiger charge is 2.42. The van der Waals surface area contributed by atoms with Gasteiger partial charge >= 0.3 is 0 Å². The molecule has 0 saturated carbocycles. The molecule has 3 atom stereocenters. The molecule has 1 aromatic rings. The molecular weight excluding hydrogens is 387 g/mol. The number of carbonyl (C=O) groups is 2. The molecule has 2 aliphatic rings. The second kappa shape index (κ2) is 8.14. The van der Waals surface area contributed by atoms with Gasteiger partial charge in [-0.3, -0.25) is 14.5 Å². The molecule has 0 radical (unpaired) electrons. The Labute approximate surface area is 164 Å². The van der Waals surface area contributed by atoms with Crippen LogP contribution in [0.2, 0.25) is 0 Å². The lowest BCUT2D eigenvalue weighted by Gasteiger charge is -2.25. The molecule has 3 rings (SSSR count). The first-order chi connectivity index (χ1) is 13.1. The molecule has 0 aromatic heterocycles. The monoisotopic (exact) mass is 412 g/mol. The van der Waals surface area contributed by atoms with Crippen LogP contribution in [0.15, 0.2) is 24.3 Å². The highest BCUT2D eigenvalue weighted by Crippen LogP contribution is 2.24. The van der Waals surface area contributed by atoms with Crippen molar-refractivity contribution in [3.05, 3.63) is 35.6 Å². The summed E-state index contributed by atoms with van der Waals surface area (Å²) in [4.78, 5) is 28.2. The van der Waals surface area contributed by atoms with E-state index in [2.05, 4.69) is 10.0 Å². The standard InChI is InChI=1S/C18H25FN4O4S/c1-12(24)20-17-11-22(8-13-4-3-5-14(19)6-13)10-16-7-15(21-28(2,26)27)9-23(16)18(17)25/h3-6,15-17,21H,7-11H2,1-2H3,(H,20,24)/t15-,16-,17-/m0/s1. The van der Waals surface area contributed by atoms with Gasteiger partial charge in [-0.1, -0.05) is 12.1 Å². The van der Waals surface area contributed by atoms with Crippen molar-refractivity contribution >= 4 is 21.8 Å². The Kier molecular flexibility index (Phi) is 6.01. The van der Waals surface area contributed by atoms with E-state index in [9.17, 15) is 22.4 Å². The lowest BCUT2D eigenvalue weighted by Crippen LogP contribution is -2.51. The van der Waals surface area contributed by atoms with Crippen LogP contribution in [0.1, 0.15) is 18.9 Å². The molecule has 0 bridgehead atoms. The van der Waals surface area contributed by atoms with E-state index in [0.29, 0.717) is 26.1 Å². The summed E-state index contributed by atoms with van der Waals surface area (Å²) in [6.07, 6.45) is 1.58. The first-order valence-corrected chi connectivity index (χ1v) is 11.0. The number of fused-ring (bicyclic) bond motifs is 1. The summed E-state index contributed by atoms with van der Waals surface area (Å²) in [5.74, 6) is -0.867. The number of nitrogens with one attached hydrogen (secondary N) is 2. The molecule has 2 heterocycles. The minimum Gasteiger partial charge on any atom is -0.343 e. The third-order valence-corrected chi connectivity index (χ3v) is 5.72. The van der Waals surface area contributed by atoms with Crippen LogP contribution in [-0.2, 0) is 26.2 Å². The topological polar surface area (TPSA) is 98.8 Å². The number of carbonyl (C=O) groups excluding carboxylic acids is 2. The fourth-order valence-electron chi connectivity index (χ4n) is 4.03. The van der Waals surface area contributed by atoms with Crippen molar-refractivity contribution in [2.45, 2.75) is 38.0 Å². The zero-order valence-corrected chi connectivity index (χ0v) is 16.7. The Hall–Kier alpha value is -2.04. The summed E-state index contributed by atoms with van der Waals surface area (Å²) in [6.45, 7) is 2.87. The smallest absolute Gasteiger partial charge is 0.246 e. The molecule has 154 valence electrons. The van der Waals surface area contributed by atoms with Crippen LogP contribution in [0.25, 0.3) is 0 Å². The zero-order valence-electron chi connectivity index (χ0n) is 15.9. The average molecular weight is 412 g/mol. The fourth-order valence-corrected chi connectivity index (χ4v) is 4.81. The van der Waals surface area contributed by atoms with E-state index in [0.717, 1.165) is 11.8 Å². The Morgan fingerprint density at radius 3 is 2.68 bits per heavy atom. The second-order valence-electron chi connectivity index (χ2n) is 7.54. The Morgan fingerprint density at radius 2 is 2.04 bits per heavy atom. The average Bonchev–Trinajstić information content (AvgIpc) is 2.88. The van der Waals surface area contributed by atoms with Crippen molar-refractivity contribution < 1.29 is 22.4 Å². The van der Waals surface area contributed by atoms with Gasteiger partial charge < -0.3 is 10.2 Å². The normalized spacial score (nSPS) is 26.0. The van der Waals surface area contributed by atoms with Crippen molar-refractivity contribution in [1.82, 2.24) is 19.8 Å². The highest BCUT2D eigenvalue weighted by molar-refractivity contribution is 7.88. The molecule has 1 aromatic carbocycles. The van der Waals surface area contributed by atoms with Crippen molar-refractivity contribution in [1.29, 1.82) is 0 Å². The fraction of sp³-hybridized carbons (Fsp3) is 0.556. The number of hydrogen-bond acceptors (Lipinski definition) is 5. The van der Waals surface area contributed by atoms with Crippen molar-refractivity contribution in [3.8, 4) is 0 Å². The third kappa shape index (κ3) is 5.27. The molecule has 0 aliphatic carbocycles. The number of benzene rings is 1. The quantitative estimate of drug-likeness (QED) is 0.690. The van der Waals surface area contributed by atoms with E-state index in [1.807, 2.05) is 11.0 Å². The molecule has 8 nitrogen and oxygen atoms in total. The van der Waals surface area contributed by atoms with Crippen molar-refractivity contribution in [3.63, 3.8) is 0 Å². The van der Waals surface area contributed by atoms with Crippen LogP contribution < -0.4 is 10.0 Å². The lowest BCUT2D eigenvalue weighted by molar-refractivity contribution is -0.135. The van der Waals surface area contributed by atoms with Crippen molar-refractivity contribution in [2.75, 3.05) is 25.9 Å². The van der Waals surface area contributed by atoms with Gasteiger partial charge in [0.15, 0.2) is 0 Å². The van der Waals surface area contributed by atoms with E-state index in [-0.39, 0.29) is 36.3 Å². The third-order valence-electron chi connectivity index (χ3n) is 4.96. The van der Waals surface area contributed by atoms with E-state index in [1.165, 1.54) is 19.1 Å². The molecule has 28 heavy (non-hydrogen) atoms. The van der Waals surface area contributed by atoms with E-state index in [1.54, 1.807) is 11.0 Å². The van der Waals surface area contributed by atoms with Crippen LogP contribution in [0, 0.1) is 5.82 Å². The van der Waals surface area contributed by atoms with E-state index in [4.69, 9.17) is 0 Å². The summed E-state index contributed by atoms with van der Waals surface area (Å²) < 4.78 is 39.2. The molecule has 2 N–H and O–H groups in total. The minimum absolute atomic E-state index is 0.181. The van der Waals surface area contributed by atoms with Gasteiger partial charge in [-0.25, -0.2) is 17.5 Å². The van der Waals surface area contributed by atoms with Gasteiger partial charge in [-0.2, -0.15) is 0 Å². The minimum atomic E-state index is -3.39. The number of amides is 2. The predicted molar refractivity (Wildman–Crippen MR) is 101 cm³/mol. The van der Waals surface area contributed by atoms with Gasteiger partial charge in [-0.15, -0.1) is 0 Å². The second-order valence-corrected chi connectivity index (χ2v) is 9.32. The summed E-state index contributed by atoms with van der Waals surface area (Å²) in [7, 11) is -3.39. The molecule has 2 aliphatic heterocycles. The van der Waals surface area contributed by atoms with Gasteiger partial charge in [0.25, 0.3) is 0 Å². The Balaban J connectivity index is 1.81. The predicted octanol–water partition coefficient (Wildman–Crippen LogP) is -0.335. The SMILES string of the molecule is CC(=O)N[C@H]1CN(Cc2cccc(F)c2)C[C@@H]2C[C@H](NS(C)(=O)=O)CN2C1=O. The summed E-state index contributed by atoms with van der Waals surface area (Å²) in [5, 5.41) is 2.69. The molecule has 10 heteroatoms. The molecule has 0 unspecified atom stereocenters. The number of hydrogen-bond donors (Lipinski definition) is 2. The van der Waals surface area contributed by atoms with Gasteiger partial charge in [-0.05, 0) is 24.1 Å². The van der Waals surface area contributed by atoms with E-state index >= 15 is 0 Å². The highest BCUT2D eigenvalue weighted by atomic mass is 32.2. The van der Waals surface area contributed by atoms with Gasteiger partial charge in [0.2, 0.25) is 21.8 Å². The summed E-state index contributed by atoms with van der Waals surface area (Å²) in [6, 6.07) is 4.98. The first kappa shape index (κ1) is 20.7. The maximum atomic E-state index is 13.5. The number of nitrogens with zero attached hydrogens (tertiary/aromatic N) is 2. The maximum Gasteiger partial charge on any atom is 0.246 e. The van der Waals surface area contributed by atoms with Crippen molar-refractivity contribution in [2.24, 2.45) is 0 Å². The number of sulfonamides is 1. The van der Waals surface area contributed by atoms with Crippen LogP contribution in [0.4, 0.5) is 4.39 Å². The Morgan fingerprint density at radius 1 is 1.29 bits per heavy atom. The number of rotatable bonds is 5. The van der Waals surface area contributed by atoms with E-state index < -0.39 is 16.1 Å². The molecule has 2 amide bonds. The maximum absolute atomic E-state index is 13.5. The van der Waals surface area contributed by atoms with Crippen LogP contribution in [0.3, 0.4) is 0 Å². The van der Waals surface area contributed by atoms with Gasteiger partial charge in [0.05, 0.1) is 6.26 Å². The molecule has 2 fully saturated rings. The zero-order chi connectivity index (χ0) is 20.5. The van der Waals surface area contributed by atoms with Crippen LogP contribution in [-0.4, -0.2) is 74.0 Å². The van der Waals surface area contributed by atoms with Gasteiger partial charge in [0, 0.05) is 45.2 Å². The summed E-state index contributed by atoms with van der Waals surface area (Å²) in [5.41, 5.74) is 0.770. The van der Waals surface area contributed by atoms with Crippen LogP contribution in [0.5, 0.6) is 0 Å². The Bertz CT molecular complexity index is 863. The largest absolute Gasteiger partial charge is 0.343 e. The summed E-state index contributed by atoms with van der Waals surface area (Å²) >= 11 is 0. The first-order valence-electron chi connectivity index (χ1n) is 9.12. The van der Waals surface area contributed by atoms with Gasteiger partial charge in [0.1, 0.15) is 11.9 Å². The molecule has 0 spiro atoms.